The average molecular weight is 353 g/mol. The molecule has 0 spiro atoms. The molecule has 1 amide bonds. The number of aromatic hydroxyl groups is 1. The second-order valence-electron chi connectivity index (χ2n) is 4.28. The van der Waals surface area contributed by atoms with Crippen molar-refractivity contribution < 1.29 is 28.6 Å². The molecule has 0 radical (unpaired) electrons. The molecular weight excluding hydrogens is 341 g/mol. The summed E-state index contributed by atoms with van der Waals surface area (Å²) in [7, 11) is 2.48. The van der Waals surface area contributed by atoms with Gasteiger partial charge in [-0.3, -0.25) is 10.1 Å². The Morgan fingerprint density at radius 1 is 1.42 bits per heavy atom. The van der Waals surface area contributed by atoms with Crippen LogP contribution in [-0.2, 0) is 14.3 Å². The minimum Gasteiger partial charge on any atom is -0.504 e. The van der Waals surface area contributed by atoms with Gasteiger partial charge in [0.15, 0.2) is 16.7 Å². The molecule has 1 aromatic carbocycles. The van der Waals surface area contributed by atoms with Crippen molar-refractivity contribution in [2.24, 2.45) is 10.2 Å². The van der Waals surface area contributed by atoms with Crippen molar-refractivity contribution in [3.05, 3.63) is 34.5 Å². The van der Waals surface area contributed by atoms with E-state index in [0.717, 1.165) is 36.2 Å². The van der Waals surface area contributed by atoms with Crippen LogP contribution in [0.15, 0.2) is 33.3 Å². The molecule has 0 aliphatic carbocycles. The summed E-state index contributed by atoms with van der Waals surface area (Å²) in [6.45, 7) is 0. The monoisotopic (exact) mass is 353 g/mol. The van der Waals surface area contributed by atoms with Crippen LogP contribution >= 0.6 is 11.8 Å². The van der Waals surface area contributed by atoms with E-state index in [1.807, 2.05) is 0 Å². The Morgan fingerprint density at radius 2 is 2.17 bits per heavy atom. The Bertz CT molecular complexity index is 776. The number of hydrogen-bond donors (Lipinski definition) is 2. The van der Waals surface area contributed by atoms with Crippen LogP contribution in [0, 0.1) is 5.82 Å². The molecule has 0 unspecified atom stereocenters. The quantitative estimate of drug-likeness (QED) is 0.364. The van der Waals surface area contributed by atoms with Gasteiger partial charge >= 0.3 is 5.97 Å². The summed E-state index contributed by atoms with van der Waals surface area (Å²) in [5.41, 5.74) is 0.0517. The molecule has 10 heteroatoms. The molecular formula is C14H12FN3O5S. The van der Waals surface area contributed by atoms with Crippen molar-refractivity contribution in [1.82, 2.24) is 5.32 Å². The molecule has 1 aromatic rings. The first-order valence-electron chi connectivity index (χ1n) is 6.41. The number of benzene rings is 1. The summed E-state index contributed by atoms with van der Waals surface area (Å²) < 4.78 is 22.6. The predicted octanol–water partition coefficient (Wildman–Crippen LogP) is 1.15. The van der Waals surface area contributed by atoms with Gasteiger partial charge < -0.3 is 14.6 Å². The SMILES string of the molecule is COC(=O)/C=C1/S/C(=N\N=Cc2cc(F)cc(OC)c2O)NC1=O. The molecule has 0 atom stereocenters. The number of nitrogens with one attached hydrogen (secondary N) is 1. The third kappa shape index (κ3) is 4.10. The summed E-state index contributed by atoms with van der Waals surface area (Å²) >= 11 is 0.887. The minimum absolute atomic E-state index is 0.0454. The van der Waals surface area contributed by atoms with Crippen LogP contribution in [0.1, 0.15) is 5.56 Å². The van der Waals surface area contributed by atoms with E-state index < -0.39 is 17.7 Å². The van der Waals surface area contributed by atoms with Crippen LogP contribution in [0.25, 0.3) is 0 Å². The van der Waals surface area contributed by atoms with E-state index in [0.29, 0.717) is 0 Å². The second kappa shape index (κ2) is 7.59. The zero-order chi connectivity index (χ0) is 17.7. The molecule has 1 aliphatic heterocycles. The van der Waals surface area contributed by atoms with E-state index in [1.54, 1.807) is 0 Å². The number of halogens is 1. The topological polar surface area (TPSA) is 110 Å². The molecule has 24 heavy (non-hydrogen) atoms. The molecule has 1 saturated heterocycles. The molecule has 0 aromatic heterocycles. The number of rotatable bonds is 4. The molecule has 1 aliphatic rings. The van der Waals surface area contributed by atoms with Crippen LogP contribution in [0.5, 0.6) is 11.5 Å². The first-order chi connectivity index (χ1) is 11.4. The van der Waals surface area contributed by atoms with Gasteiger partial charge in [-0.05, 0) is 17.8 Å². The number of phenolic OH excluding ortho intramolecular Hbond substituents is 1. The lowest BCUT2D eigenvalue weighted by molar-refractivity contribution is -0.135. The Hall–Kier alpha value is -2.88. The van der Waals surface area contributed by atoms with Gasteiger partial charge in [0, 0.05) is 17.7 Å². The van der Waals surface area contributed by atoms with Gasteiger partial charge in [-0.1, -0.05) is 0 Å². The van der Waals surface area contributed by atoms with Crippen molar-refractivity contribution in [1.29, 1.82) is 0 Å². The maximum absolute atomic E-state index is 13.4. The molecule has 0 bridgehead atoms. The summed E-state index contributed by atoms with van der Waals surface area (Å²) in [5, 5.41) is 19.8. The highest BCUT2D eigenvalue weighted by atomic mass is 32.2. The Kier molecular flexibility index (Phi) is 5.53. The zero-order valence-electron chi connectivity index (χ0n) is 12.6. The van der Waals surface area contributed by atoms with Gasteiger partial charge in [-0.15, -0.1) is 5.10 Å². The van der Waals surface area contributed by atoms with E-state index in [9.17, 15) is 19.1 Å². The summed E-state index contributed by atoms with van der Waals surface area (Å²) in [4.78, 5) is 22.8. The number of nitrogens with zero attached hydrogens (tertiary/aromatic N) is 2. The number of methoxy groups -OCH3 is 2. The normalized spacial score (nSPS) is 17.5. The van der Waals surface area contributed by atoms with Gasteiger partial charge in [-0.25, -0.2) is 9.18 Å². The van der Waals surface area contributed by atoms with Crippen LogP contribution < -0.4 is 10.1 Å². The highest BCUT2D eigenvalue weighted by Crippen LogP contribution is 2.30. The van der Waals surface area contributed by atoms with Crippen LogP contribution in [0.4, 0.5) is 4.39 Å². The lowest BCUT2D eigenvalue weighted by atomic mass is 10.2. The second-order valence-corrected chi connectivity index (χ2v) is 5.31. The van der Waals surface area contributed by atoms with Crippen LogP contribution in [0.2, 0.25) is 0 Å². The number of amides is 1. The van der Waals surface area contributed by atoms with Gasteiger partial charge in [0.1, 0.15) is 5.82 Å². The number of hydrogen-bond acceptors (Lipinski definition) is 8. The number of carbonyl (C=O) groups excluding carboxylic acids is 2. The number of thioether (sulfide) groups is 1. The standard InChI is InChI=1S/C14H12FN3O5S/c1-22-9-4-8(15)3-7(12(9)20)6-16-18-14-17-13(21)10(24-14)5-11(19)23-2/h3-6,20H,1-2H3,(H,17,18,21)/b10-5+,16-6?. The van der Waals surface area contributed by atoms with Gasteiger partial charge in [-0.2, -0.15) is 5.10 Å². The molecule has 2 N–H and O–H groups in total. The highest BCUT2D eigenvalue weighted by molar-refractivity contribution is 8.18. The van der Waals surface area contributed by atoms with E-state index in [1.165, 1.54) is 14.2 Å². The smallest absolute Gasteiger partial charge is 0.331 e. The molecule has 2 rings (SSSR count). The van der Waals surface area contributed by atoms with Crippen molar-refractivity contribution in [3.63, 3.8) is 0 Å². The van der Waals surface area contributed by atoms with E-state index in [4.69, 9.17) is 4.74 Å². The van der Waals surface area contributed by atoms with Crippen LogP contribution in [-0.4, -0.2) is 42.6 Å². The zero-order valence-corrected chi connectivity index (χ0v) is 13.4. The predicted molar refractivity (Wildman–Crippen MR) is 85.5 cm³/mol. The fraction of sp³-hybridized carbons (Fsp3) is 0.143. The molecule has 1 heterocycles. The third-order valence-electron chi connectivity index (χ3n) is 2.74. The number of carbonyl (C=O) groups is 2. The van der Waals surface area contributed by atoms with Crippen LogP contribution in [0.3, 0.4) is 0 Å². The number of ether oxygens (including phenoxy) is 2. The van der Waals surface area contributed by atoms with E-state index in [2.05, 4.69) is 20.3 Å². The summed E-state index contributed by atoms with van der Waals surface area (Å²) in [6.07, 6.45) is 2.12. The average Bonchev–Trinajstić information content (AvgIpc) is 2.89. The largest absolute Gasteiger partial charge is 0.504 e. The lowest BCUT2D eigenvalue weighted by Crippen LogP contribution is -2.19. The van der Waals surface area contributed by atoms with Crippen molar-refractivity contribution in [2.45, 2.75) is 0 Å². The highest BCUT2D eigenvalue weighted by Gasteiger charge is 2.25. The molecule has 126 valence electrons. The number of phenols is 1. The molecule has 1 fully saturated rings. The molecule has 0 saturated carbocycles. The lowest BCUT2D eigenvalue weighted by Gasteiger charge is -2.05. The first-order valence-corrected chi connectivity index (χ1v) is 7.22. The Labute approximate surface area is 140 Å². The van der Waals surface area contributed by atoms with Crippen molar-refractivity contribution >= 4 is 35.0 Å². The van der Waals surface area contributed by atoms with Crippen molar-refractivity contribution in [3.8, 4) is 11.5 Å². The molecule has 8 nitrogen and oxygen atoms in total. The minimum atomic E-state index is -0.672. The first kappa shape index (κ1) is 17.5. The summed E-state index contributed by atoms with van der Waals surface area (Å²) in [6, 6.07) is 2.07. The van der Waals surface area contributed by atoms with Gasteiger partial charge in [0.05, 0.1) is 25.3 Å². The van der Waals surface area contributed by atoms with Crippen molar-refractivity contribution in [2.75, 3.05) is 14.2 Å². The fourth-order valence-electron chi connectivity index (χ4n) is 1.63. The number of esters is 1. The fourth-order valence-corrected chi connectivity index (χ4v) is 2.37. The van der Waals surface area contributed by atoms with E-state index in [-0.39, 0.29) is 27.1 Å². The Morgan fingerprint density at radius 3 is 2.83 bits per heavy atom. The van der Waals surface area contributed by atoms with Gasteiger partial charge in [0.25, 0.3) is 5.91 Å². The number of amidine groups is 1. The third-order valence-corrected chi connectivity index (χ3v) is 3.64. The Balaban J connectivity index is 2.16. The van der Waals surface area contributed by atoms with E-state index >= 15 is 0 Å². The maximum Gasteiger partial charge on any atom is 0.331 e. The maximum atomic E-state index is 13.4. The van der Waals surface area contributed by atoms with Gasteiger partial charge in [0.2, 0.25) is 0 Å². The summed E-state index contributed by atoms with van der Waals surface area (Å²) in [5.74, 6) is -2.15.